The summed E-state index contributed by atoms with van der Waals surface area (Å²) in [6, 6.07) is 25.0. The molecule has 1 atom stereocenters. The Morgan fingerprint density at radius 1 is 0.833 bits per heavy atom. The highest BCUT2D eigenvalue weighted by Gasteiger charge is 2.43. The van der Waals surface area contributed by atoms with E-state index in [1.807, 2.05) is 30.3 Å². The molecular formula is C29H22N2O5. The van der Waals surface area contributed by atoms with Crippen molar-refractivity contribution in [3.63, 3.8) is 0 Å². The van der Waals surface area contributed by atoms with Crippen LogP contribution in [0.15, 0.2) is 97.2 Å². The first kappa shape index (κ1) is 23.0. The molecular weight excluding hydrogens is 456 g/mol. The van der Waals surface area contributed by atoms with Gasteiger partial charge in [-0.1, -0.05) is 42.5 Å². The molecule has 4 aromatic rings. The smallest absolute Gasteiger partial charge is 0.262 e. The molecule has 0 fully saturated rings. The number of fused-ring (bicyclic) bond motifs is 1. The van der Waals surface area contributed by atoms with Gasteiger partial charge in [0.15, 0.2) is 5.78 Å². The van der Waals surface area contributed by atoms with Crippen LogP contribution in [0.4, 0.5) is 0 Å². The Hall–Kier alpha value is -4.78. The third kappa shape index (κ3) is 4.34. The van der Waals surface area contributed by atoms with Crippen LogP contribution < -0.4 is 9.47 Å². The van der Waals surface area contributed by atoms with Crippen LogP contribution in [-0.4, -0.2) is 34.6 Å². The van der Waals surface area contributed by atoms with E-state index in [1.165, 1.54) is 13.3 Å². The zero-order valence-electron chi connectivity index (χ0n) is 19.5. The van der Waals surface area contributed by atoms with Gasteiger partial charge in [-0.25, -0.2) is 4.98 Å². The van der Waals surface area contributed by atoms with Crippen LogP contribution in [0.1, 0.15) is 48.2 Å². The topological polar surface area (TPSA) is 85.8 Å². The molecule has 36 heavy (non-hydrogen) atoms. The number of ketones is 1. The summed E-state index contributed by atoms with van der Waals surface area (Å²) < 4.78 is 10.9. The first-order valence-corrected chi connectivity index (χ1v) is 11.3. The van der Waals surface area contributed by atoms with Gasteiger partial charge >= 0.3 is 0 Å². The lowest BCUT2D eigenvalue weighted by Crippen LogP contribution is -2.38. The number of pyridine rings is 1. The van der Waals surface area contributed by atoms with Gasteiger partial charge in [-0.2, -0.15) is 0 Å². The van der Waals surface area contributed by atoms with Crippen LogP contribution >= 0.6 is 0 Å². The second kappa shape index (κ2) is 9.84. The molecule has 5 rings (SSSR count). The van der Waals surface area contributed by atoms with Crippen molar-refractivity contribution in [3.8, 4) is 11.6 Å². The molecule has 0 aliphatic carbocycles. The number of amides is 2. The minimum Gasteiger partial charge on any atom is -0.489 e. The Morgan fingerprint density at radius 3 is 2.06 bits per heavy atom. The van der Waals surface area contributed by atoms with Crippen LogP contribution in [0, 0.1) is 0 Å². The summed E-state index contributed by atoms with van der Waals surface area (Å²) >= 11 is 0. The van der Waals surface area contributed by atoms with Gasteiger partial charge in [-0.3, -0.25) is 19.3 Å². The van der Waals surface area contributed by atoms with Crippen molar-refractivity contribution in [2.24, 2.45) is 0 Å². The van der Waals surface area contributed by atoms with E-state index in [-0.39, 0.29) is 11.1 Å². The quantitative estimate of drug-likeness (QED) is 0.265. The van der Waals surface area contributed by atoms with Crippen molar-refractivity contribution >= 4 is 17.6 Å². The van der Waals surface area contributed by atoms with Crippen molar-refractivity contribution in [1.82, 2.24) is 9.88 Å². The molecule has 2 heterocycles. The van der Waals surface area contributed by atoms with Crippen LogP contribution in [0.2, 0.25) is 0 Å². The summed E-state index contributed by atoms with van der Waals surface area (Å²) in [5.41, 5.74) is 2.30. The Balaban J connectivity index is 1.45. The van der Waals surface area contributed by atoms with Crippen molar-refractivity contribution < 1.29 is 23.9 Å². The maximum absolute atomic E-state index is 13.8. The van der Waals surface area contributed by atoms with Crippen LogP contribution in [-0.2, 0) is 6.61 Å². The molecule has 1 aliphatic heterocycles. The fourth-order valence-corrected chi connectivity index (χ4v) is 4.15. The van der Waals surface area contributed by atoms with Gasteiger partial charge in [-0.15, -0.1) is 0 Å². The number of carbonyl (C=O) groups excluding carboxylic acids is 3. The second-order valence-electron chi connectivity index (χ2n) is 8.23. The highest BCUT2D eigenvalue weighted by atomic mass is 16.5. The summed E-state index contributed by atoms with van der Waals surface area (Å²) in [5, 5.41) is 0. The summed E-state index contributed by atoms with van der Waals surface area (Å²) in [4.78, 5) is 45.5. The number of methoxy groups -OCH3 is 1. The number of imide groups is 1. The first-order chi connectivity index (χ1) is 17.6. The molecule has 0 bridgehead atoms. The van der Waals surface area contributed by atoms with E-state index in [9.17, 15) is 14.4 Å². The van der Waals surface area contributed by atoms with Gasteiger partial charge in [0.05, 0.1) is 18.2 Å². The molecule has 1 unspecified atom stereocenters. The van der Waals surface area contributed by atoms with Gasteiger partial charge in [0, 0.05) is 23.4 Å². The van der Waals surface area contributed by atoms with E-state index < -0.39 is 23.6 Å². The maximum Gasteiger partial charge on any atom is 0.262 e. The lowest BCUT2D eigenvalue weighted by Gasteiger charge is -2.25. The number of benzene rings is 3. The van der Waals surface area contributed by atoms with Crippen molar-refractivity contribution in [1.29, 1.82) is 0 Å². The first-order valence-electron chi connectivity index (χ1n) is 11.3. The number of ether oxygens (including phenoxy) is 2. The minimum atomic E-state index is -1.19. The summed E-state index contributed by atoms with van der Waals surface area (Å²) in [7, 11) is 1.48. The molecule has 1 aliphatic rings. The van der Waals surface area contributed by atoms with E-state index in [0.29, 0.717) is 29.4 Å². The highest BCUT2D eigenvalue weighted by Crippen LogP contribution is 2.34. The monoisotopic (exact) mass is 478 g/mol. The second-order valence-corrected chi connectivity index (χ2v) is 8.23. The number of hydrogen-bond donors (Lipinski definition) is 0. The Morgan fingerprint density at radius 2 is 1.47 bits per heavy atom. The SMILES string of the molecule is COc1ccc(C(C(=O)c2ccc(OCc3ccccc3)cc2)N2C(=O)c3ccccc3C2=O)cn1. The van der Waals surface area contributed by atoms with E-state index >= 15 is 0 Å². The number of Topliss-reactive ketones (excluding diaryl/α,β-unsaturated/α-hetero) is 1. The Kier molecular flexibility index (Phi) is 6.28. The summed E-state index contributed by atoms with van der Waals surface area (Å²) in [6.07, 6.45) is 1.45. The van der Waals surface area contributed by atoms with Crippen molar-refractivity contribution in [2.75, 3.05) is 7.11 Å². The maximum atomic E-state index is 13.8. The molecule has 2 amide bonds. The molecule has 7 nitrogen and oxygen atoms in total. The van der Waals surface area contributed by atoms with Crippen molar-refractivity contribution in [2.45, 2.75) is 12.6 Å². The summed E-state index contributed by atoms with van der Waals surface area (Å²) in [5.74, 6) is -0.503. The van der Waals surface area contributed by atoms with E-state index in [0.717, 1.165) is 10.5 Å². The largest absolute Gasteiger partial charge is 0.489 e. The van der Waals surface area contributed by atoms with Crippen LogP contribution in [0.25, 0.3) is 0 Å². The van der Waals surface area contributed by atoms with E-state index in [4.69, 9.17) is 9.47 Å². The lowest BCUT2D eigenvalue weighted by atomic mass is 9.97. The zero-order valence-corrected chi connectivity index (χ0v) is 19.5. The van der Waals surface area contributed by atoms with Gasteiger partial charge in [-0.05, 0) is 48.0 Å². The normalized spacial score (nSPS) is 13.3. The van der Waals surface area contributed by atoms with Gasteiger partial charge in [0.2, 0.25) is 5.88 Å². The number of aromatic nitrogens is 1. The fraction of sp³-hybridized carbons (Fsp3) is 0.103. The fourth-order valence-electron chi connectivity index (χ4n) is 4.15. The average Bonchev–Trinajstić information content (AvgIpc) is 3.18. The Labute approximate surface area is 207 Å². The standard InChI is InChI=1S/C29H22N2O5/c1-35-25-16-13-21(17-30-25)26(31-28(33)23-9-5-6-10-24(23)29(31)34)27(32)20-11-14-22(15-12-20)36-18-19-7-3-2-4-8-19/h2-17,26H,18H2,1H3. The number of hydrogen-bond acceptors (Lipinski definition) is 6. The molecule has 0 radical (unpaired) electrons. The van der Waals surface area contributed by atoms with E-state index in [2.05, 4.69) is 4.98 Å². The molecule has 0 spiro atoms. The average molecular weight is 479 g/mol. The van der Waals surface area contributed by atoms with Crippen LogP contribution in [0.5, 0.6) is 11.6 Å². The van der Waals surface area contributed by atoms with E-state index in [1.54, 1.807) is 60.7 Å². The highest BCUT2D eigenvalue weighted by molar-refractivity contribution is 6.23. The van der Waals surface area contributed by atoms with Crippen molar-refractivity contribution in [3.05, 3.63) is 125 Å². The Bertz CT molecular complexity index is 1380. The molecule has 3 aromatic carbocycles. The van der Waals surface area contributed by atoms with Gasteiger partial charge in [0.1, 0.15) is 18.4 Å². The van der Waals surface area contributed by atoms with Gasteiger partial charge in [0.25, 0.3) is 11.8 Å². The molecule has 7 heteroatoms. The minimum absolute atomic E-state index is 0.270. The third-order valence-corrected chi connectivity index (χ3v) is 6.00. The number of carbonyl (C=O) groups is 3. The zero-order chi connectivity index (χ0) is 25.1. The molecule has 0 saturated carbocycles. The van der Waals surface area contributed by atoms with Crippen LogP contribution in [0.3, 0.4) is 0 Å². The third-order valence-electron chi connectivity index (χ3n) is 6.00. The number of nitrogens with zero attached hydrogens (tertiary/aromatic N) is 2. The molecule has 178 valence electrons. The molecule has 1 aromatic heterocycles. The lowest BCUT2D eigenvalue weighted by molar-refractivity contribution is 0.0538. The number of rotatable bonds is 8. The van der Waals surface area contributed by atoms with Gasteiger partial charge < -0.3 is 9.47 Å². The molecule has 0 N–H and O–H groups in total. The molecule has 0 saturated heterocycles. The predicted molar refractivity (Wildman–Crippen MR) is 132 cm³/mol. The predicted octanol–water partition coefficient (Wildman–Crippen LogP) is 4.89. The summed E-state index contributed by atoms with van der Waals surface area (Å²) in [6.45, 7) is 0.392.